The molecular formula is C11H12F3N5O2S. The van der Waals surface area contributed by atoms with Gasteiger partial charge in [0, 0.05) is 18.8 Å². The number of sulfonamides is 1. The minimum atomic E-state index is -4.37. The van der Waals surface area contributed by atoms with E-state index in [-0.39, 0.29) is 11.6 Å². The summed E-state index contributed by atoms with van der Waals surface area (Å²) in [6.07, 6.45) is -0.491. The Morgan fingerprint density at radius 1 is 1.23 bits per heavy atom. The first-order valence-electron chi connectivity index (χ1n) is 6.14. The summed E-state index contributed by atoms with van der Waals surface area (Å²) in [6, 6.07) is 1.61. The summed E-state index contributed by atoms with van der Waals surface area (Å²) >= 11 is 0. The minimum Gasteiger partial charge on any atom is -0.280 e. The van der Waals surface area contributed by atoms with Gasteiger partial charge < -0.3 is 0 Å². The van der Waals surface area contributed by atoms with E-state index >= 15 is 0 Å². The smallest absolute Gasteiger partial charge is 0.280 e. The standard InChI is InChI=1S/C11H12F3N5O2S/c12-11(13,14)3-1-6-22(20,21)18-9-7-17-19(8-9)10-15-4-2-5-16-10/h2,4-5,7-8,18H,1,3,6H2. The van der Waals surface area contributed by atoms with Crippen LogP contribution in [0.25, 0.3) is 5.95 Å². The SMILES string of the molecule is O=S(=O)(CCCC(F)(F)F)Nc1cnn(-c2ncccn2)c1. The molecular weight excluding hydrogens is 323 g/mol. The number of hydrogen-bond acceptors (Lipinski definition) is 5. The molecule has 2 heterocycles. The number of nitrogens with one attached hydrogen (secondary N) is 1. The van der Waals surface area contributed by atoms with E-state index in [2.05, 4.69) is 19.8 Å². The lowest BCUT2D eigenvalue weighted by Gasteiger charge is -2.07. The molecule has 0 spiro atoms. The van der Waals surface area contributed by atoms with Crippen LogP contribution in [0, 0.1) is 0 Å². The normalized spacial score (nSPS) is 12.3. The van der Waals surface area contributed by atoms with Crippen LogP contribution in [0.15, 0.2) is 30.9 Å². The number of rotatable bonds is 6. The second-order valence-corrected chi connectivity index (χ2v) is 6.20. The summed E-state index contributed by atoms with van der Waals surface area (Å²) in [4.78, 5) is 7.85. The molecule has 0 aliphatic heterocycles. The molecule has 11 heteroatoms. The van der Waals surface area contributed by atoms with Gasteiger partial charge in [-0.05, 0) is 12.5 Å². The summed E-state index contributed by atoms with van der Waals surface area (Å²) < 4.78 is 62.8. The first-order valence-corrected chi connectivity index (χ1v) is 7.80. The maximum Gasteiger partial charge on any atom is 0.389 e. The van der Waals surface area contributed by atoms with Crippen LogP contribution in [-0.2, 0) is 10.0 Å². The highest BCUT2D eigenvalue weighted by Crippen LogP contribution is 2.22. The van der Waals surface area contributed by atoms with Gasteiger partial charge in [-0.15, -0.1) is 0 Å². The number of hydrogen-bond donors (Lipinski definition) is 1. The van der Waals surface area contributed by atoms with Crippen molar-refractivity contribution in [3.63, 3.8) is 0 Å². The zero-order chi connectivity index (χ0) is 16.2. The lowest BCUT2D eigenvalue weighted by atomic mass is 10.3. The Bertz CT molecular complexity index is 715. The predicted octanol–water partition coefficient (Wildman–Crippen LogP) is 1.75. The fourth-order valence-electron chi connectivity index (χ4n) is 1.59. The van der Waals surface area contributed by atoms with E-state index in [0.29, 0.717) is 0 Å². The summed E-state index contributed by atoms with van der Waals surface area (Å²) in [5, 5.41) is 3.87. The van der Waals surface area contributed by atoms with Gasteiger partial charge in [0.05, 0.1) is 23.8 Å². The van der Waals surface area contributed by atoms with Gasteiger partial charge in [0.2, 0.25) is 16.0 Å². The van der Waals surface area contributed by atoms with E-state index in [0.717, 1.165) is 0 Å². The molecule has 0 aliphatic rings. The molecule has 0 fully saturated rings. The fourth-order valence-corrected chi connectivity index (χ4v) is 2.68. The predicted molar refractivity (Wildman–Crippen MR) is 71.9 cm³/mol. The second-order valence-electron chi connectivity index (χ2n) is 4.36. The molecule has 120 valence electrons. The molecule has 2 aromatic rings. The van der Waals surface area contributed by atoms with E-state index in [4.69, 9.17) is 0 Å². The van der Waals surface area contributed by atoms with Gasteiger partial charge in [-0.1, -0.05) is 0 Å². The van der Waals surface area contributed by atoms with Crippen LogP contribution in [0.4, 0.5) is 18.9 Å². The highest BCUT2D eigenvalue weighted by Gasteiger charge is 2.27. The van der Waals surface area contributed by atoms with Crippen molar-refractivity contribution in [2.45, 2.75) is 19.0 Å². The third kappa shape index (κ3) is 4.98. The molecule has 0 bridgehead atoms. The zero-order valence-corrected chi connectivity index (χ0v) is 12.0. The molecule has 0 aliphatic carbocycles. The molecule has 0 atom stereocenters. The third-order valence-electron chi connectivity index (χ3n) is 2.49. The largest absolute Gasteiger partial charge is 0.389 e. The Morgan fingerprint density at radius 2 is 1.91 bits per heavy atom. The number of halogens is 3. The molecule has 0 unspecified atom stereocenters. The first kappa shape index (κ1) is 16.2. The topological polar surface area (TPSA) is 89.8 Å². The first-order chi connectivity index (χ1) is 10.3. The molecule has 0 radical (unpaired) electrons. The van der Waals surface area contributed by atoms with Crippen molar-refractivity contribution in [2.24, 2.45) is 0 Å². The Hall–Kier alpha value is -2.17. The van der Waals surface area contributed by atoms with Gasteiger partial charge in [-0.2, -0.15) is 18.3 Å². The Balaban J connectivity index is 1.97. The van der Waals surface area contributed by atoms with Crippen molar-refractivity contribution < 1.29 is 21.6 Å². The Kier molecular flexibility index (Phi) is 4.64. The van der Waals surface area contributed by atoms with Crippen LogP contribution >= 0.6 is 0 Å². The third-order valence-corrected chi connectivity index (χ3v) is 3.86. The molecule has 0 saturated carbocycles. The van der Waals surface area contributed by atoms with Crippen molar-refractivity contribution in [3.8, 4) is 5.95 Å². The van der Waals surface area contributed by atoms with Gasteiger partial charge in [-0.3, -0.25) is 4.72 Å². The van der Waals surface area contributed by atoms with Gasteiger partial charge >= 0.3 is 6.18 Å². The molecule has 2 rings (SSSR count). The maximum atomic E-state index is 12.0. The minimum absolute atomic E-state index is 0.125. The lowest BCUT2D eigenvalue weighted by Crippen LogP contribution is -2.18. The fraction of sp³-hybridized carbons (Fsp3) is 0.364. The van der Waals surface area contributed by atoms with Crippen LogP contribution in [-0.4, -0.2) is 40.1 Å². The summed E-state index contributed by atoms with van der Waals surface area (Å²) in [7, 11) is -3.87. The average molecular weight is 335 g/mol. The van der Waals surface area contributed by atoms with Crippen molar-refractivity contribution in [1.82, 2.24) is 19.7 Å². The van der Waals surface area contributed by atoms with Crippen LogP contribution in [0.3, 0.4) is 0 Å². The highest BCUT2D eigenvalue weighted by molar-refractivity contribution is 7.92. The van der Waals surface area contributed by atoms with Gasteiger partial charge in [0.1, 0.15) is 0 Å². The quantitative estimate of drug-likeness (QED) is 0.868. The van der Waals surface area contributed by atoms with E-state index in [9.17, 15) is 21.6 Å². The van der Waals surface area contributed by atoms with Crippen molar-refractivity contribution in [2.75, 3.05) is 10.5 Å². The number of alkyl halides is 3. The van der Waals surface area contributed by atoms with Crippen molar-refractivity contribution in [3.05, 3.63) is 30.9 Å². The second kappa shape index (κ2) is 6.30. The van der Waals surface area contributed by atoms with Gasteiger partial charge in [0.25, 0.3) is 0 Å². The Labute approximate surface area is 124 Å². The van der Waals surface area contributed by atoms with Gasteiger partial charge in [-0.25, -0.2) is 23.1 Å². The molecule has 7 nitrogen and oxygen atoms in total. The Morgan fingerprint density at radius 3 is 2.55 bits per heavy atom. The molecule has 0 saturated heterocycles. The van der Waals surface area contributed by atoms with E-state index in [1.54, 1.807) is 6.07 Å². The average Bonchev–Trinajstić information content (AvgIpc) is 2.85. The van der Waals surface area contributed by atoms with Crippen LogP contribution in [0.2, 0.25) is 0 Å². The van der Waals surface area contributed by atoms with Crippen LogP contribution in [0.5, 0.6) is 0 Å². The molecule has 1 N–H and O–H groups in total. The summed E-state index contributed by atoms with van der Waals surface area (Å²) in [5.74, 6) is -0.385. The molecule has 22 heavy (non-hydrogen) atoms. The van der Waals surface area contributed by atoms with Crippen LogP contribution < -0.4 is 4.72 Å². The van der Waals surface area contributed by atoms with Crippen molar-refractivity contribution >= 4 is 15.7 Å². The molecule has 2 aromatic heterocycles. The monoisotopic (exact) mass is 335 g/mol. The summed E-state index contributed by atoms with van der Waals surface area (Å²) in [6.45, 7) is 0. The number of anilines is 1. The van der Waals surface area contributed by atoms with Crippen molar-refractivity contribution in [1.29, 1.82) is 0 Å². The molecule has 0 amide bonds. The van der Waals surface area contributed by atoms with Gasteiger partial charge in [0.15, 0.2) is 0 Å². The summed E-state index contributed by atoms with van der Waals surface area (Å²) in [5.41, 5.74) is 0.125. The maximum absolute atomic E-state index is 12.0. The number of aromatic nitrogens is 4. The zero-order valence-electron chi connectivity index (χ0n) is 11.2. The van der Waals surface area contributed by atoms with E-state index < -0.39 is 34.8 Å². The molecule has 0 aromatic carbocycles. The highest BCUT2D eigenvalue weighted by atomic mass is 32.2. The van der Waals surface area contributed by atoms with E-state index in [1.807, 2.05) is 0 Å². The lowest BCUT2D eigenvalue weighted by molar-refractivity contribution is -0.134. The van der Waals surface area contributed by atoms with E-state index in [1.165, 1.54) is 29.5 Å². The van der Waals surface area contributed by atoms with Crippen LogP contribution in [0.1, 0.15) is 12.8 Å². The number of nitrogens with zero attached hydrogens (tertiary/aromatic N) is 4.